The number of carbonyl (C=O) groups excluding carboxylic acids is 1. The van der Waals surface area contributed by atoms with Gasteiger partial charge in [-0.15, -0.1) is 0 Å². The van der Waals surface area contributed by atoms with Gasteiger partial charge in [-0.25, -0.2) is 0 Å². The van der Waals surface area contributed by atoms with Crippen LogP contribution in [-0.4, -0.2) is 43.0 Å². The van der Waals surface area contributed by atoms with Crippen LogP contribution >= 0.6 is 0 Å². The maximum atomic E-state index is 12.6. The molecule has 2 aromatic rings. The molecule has 1 amide bonds. The van der Waals surface area contributed by atoms with Crippen LogP contribution in [0.3, 0.4) is 0 Å². The van der Waals surface area contributed by atoms with E-state index in [-0.39, 0.29) is 5.91 Å². The Balaban J connectivity index is 1.53. The van der Waals surface area contributed by atoms with E-state index < -0.39 is 0 Å². The summed E-state index contributed by atoms with van der Waals surface area (Å²) in [5.74, 6) is 1.74. The lowest BCUT2D eigenvalue weighted by molar-refractivity contribution is 0.0930. The average Bonchev–Trinajstić information content (AvgIpc) is 2.74. The SMILES string of the molecule is CCOc1ccccc1C(=O)NCC1CCC([C@@H](c2ccccn2)N(C)C)CC1. The number of ether oxygens (including phenoxy) is 1. The number of nitrogens with one attached hydrogen (secondary N) is 1. The Morgan fingerprint density at radius 1 is 1.14 bits per heavy atom. The first kappa shape index (κ1) is 21.3. The van der Waals surface area contributed by atoms with Gasteiger partial charge in [-0.2, -0.15) is 0 Å². The fraction of sp³-hybridized carbons (Fsp3) is 0.500. The summed E-state index contributed by atoms with van der Waals surface area (Å²) in [4.78, 5) is 19.5. The Hall–Kier alpha value is -2.40. The van der Waals surface area contributed by atoms with Crippen LogP contribution in [0, 0.1) is 11.8 Å². The number of benzene rings is 1. The number of hydrogen-bond acceptors (Lipinski definition) is 4. The van der Waals surface area contributed by atoms with E-state index >= 15 is 0 Å². The van der Waals surface area contributed by atoms with Gasteiger partial charge < -0.3 is 15.0 Å². The molecule has 0 saturated heterocycles. The van der Waals surface area contributed by atoms with Gasteiger partial charge in [-0.05, 0) is 82.8 Å². The molecule has 0 radical (unpaired) electrons. The molecule has 1 fully saturated rings. The Morgan fingerprint density at radius 2 is 1.86 bits per heavy atom. The van der Waals surface area contributed by atoms with E-state index in [1.54, 1.807) is 0 Å². The zero-order valence-corrected chi connectivity index (χ0v) is 17.8. The molecule has 29 heavy (non-hydrogen) atoms. The molecule has 5 nitrogen and oxygen atoms in total. The summed E-state index contributed by atoms with van der Waals surface area (Å²) in [6, 6.07) is 14.0. The highest BCUT2D eigenvalue weighted by Crippen LogP contribution is 2.38. The molecular formula is C24H33N3O2. The molecule has 0 aliphatic heterocycles. The molecule has 1 aliphatic rings. The van der Waals surface area contributed by atoms with Crippen molar-refractivity contribution < 1.29 is 9.53 Å². The van der Waals surface area contributed by atoms with Crippen molar-refractivity contribution in [3.05, 3.63) is 59.9 Å². The quantitative estimate of drug-likeness (QED) is 0.723. The van der Waals surface area contributed by atoms with Crippen molar-refractivity contribution in [1.82, 2.24) is 15.2 Å². The number of pyridine rings is 1. The van der Waals surface area contributed by atoms with Crippen LogP contribution in [0.4, 0.5) is 0 Å². The predicted octanol–water partition coefficient (Wildman–Crippen LogP) is 4.32. The highest BCUT2D eigenvalue weighted by atomic mass is 16.5. The topological polar surface area (TPSA) is 54.5 Å². The van der Waals surface area contributed by atoms with Crippen molar-refractivity contribution in [2.45, 2.75) is 38.6 Å². The third kappa shape index (κ3) is 5.57. The Labute approximate surface area is 174 Å². The van der Waals surface area contributed by atoms with Gasteiger partial charge in [-0.3, -0.25) is 9.78 Å². The van der Waals surface area contributed by atoms with E-state index in [0.29, 0.717) is 35.8 Å². The third-order valence-electron chi connectivity index (χ3n) is 5.87. The van der Waals surface area contributed by atoms with E-state index in [4.69, 9.17) is 4.74 Å². The number of nitrogens with zero attached hydrogens (tertiary/aromatic N) is 2. The van der Waals surface area contributed by atoms with Crippen molar-refractivity contribution in [1.29, 1.82) is 0 Å². The summed E-state index contributed by atoms with van der Waals surface area (Å²) in [5, 5.41) is 3.12. The van der Waals surface area contributed by atoms with Crippen LogP contribution in [-0.2, 0) is 0 Å². The fourth-order valence-electron chi connectivity index (χ4n) is 4.45. The van der Waals surface area contributed by atoms with Crippen molar-refractivity contribution in [3.8, 4) is 5.75 Å². The lowest BCUT2D eigenvalue weighted by Crippen LogP contribution is -2.35. The predicted molar refractivity (Wildman–Crippen MR) is 116 cm³/mol. The fourth-order valence-corrected chi connectivity index (χ4v) is 4.45. The molecule has 1 saturated carbocycles. The zero-order chi connectivity index (χ0) is 20.6. The minimum atomic E-state index is -0.0455. The van der Waals surface area contributed by atoms with E-state index in [1.807, 2.05) is 43.5 Å². The Morgan fingerprint density at radius 3 is 2.52 bits per heavy atom. The van der Waals surface area contributed by atoms with Gasteiger partial charge >= 0.3 is 0 Å². The molecule has 156 valence electrons. The Bertz CT molecular complexity index is 771. The second-order valence-corrected chi connectivity index (χ2v) is 8.08. The number of rotatable bonds is 8. The molecule has 1 heterocycles. The van der Waals surface area contributed by atoms with Crippen molar-refractivity contribution in [3.63, 3.8) is 0 Å². The minimum absolute atomic E-state index is 0.0455. The number of para-hydroxylation sites is 1. The van der Waals surface area contributed by atoms with Gasteiger partial charge in [0.15, 0.2) is 0 Å². The maximum absolute atomic E-state index is 12.6. The molecule has 0 bridgehead atoms. The third-order valence-corrected chi connectivity index (χ3v) is 5.87. The molecule has 5 heteroatoms. The van der Waals surface area contributed by atoms with Gasteiger partial charge in [0.2, 0.25) is 0 Å². The molecule has 3 rings (SSSR count). The van der Waals surface area contributed by atoms with E-state index in [2.05, 4.69) is 41.4 Å². The second kappa shape index (κ2) is 10.4. The monoisotopic (exact) mass is 395 g/mol. The minimum Gasteiger partial charge on any atom is -0.493 e. The molecule has 1 N–H and O–H groups in total. The van der Waals surface area contributed by atoms with Crippen LogP contribution < -0.4 is 10.1 Å². The molecule has 0 unspecified atom stereocenters. The summed E-state index contributed by atoms with van der Waals surface area (Å²) >= 11 is 0. The standard InChI is InChI=1S/C24H33N3O2/c1-4-29-22-11-6-5-9-20(22)24(28)26-17-18-12-14-19(15-13-18)23(27(2)3)21-10-7-8-16-25-21/h5-11,16,18-19,23H,4,12-15,17H2,1-3H3,(H,26,28)/t18?,19?,23-/m0/s1. The van der Waals surface area contributed by atoms with Crippen molar-refractivity contribution >= 4 is 5.91 Å². The lowest BCUT2D eigenvalue weighted by Gasteiger charge is -2.37. The van der Waals surface area contributed by atoms with Gasteiger partial charge in [-0.1, -0.05) is 18.2 Å². The summed E-state index contributed by atoms with van der Waals surface area (Å²) < 4.78 is 5.58. The van der Waals surface area contributed by atoms with Crippen LogP contribution in [0.25, 0.3) is 0 Å². The molecule has 1 aliphatic carbocycles. The van der Waals surface area contributed by atoms with Crippen molar-refractivity contribution in [2.24, 2.45) is 11.8 Å². The first-order valence-corrected chi connectivity index (χ1v) is 10.7. The number of carbonyl (C=O) groups is 1. The van der Waals surface area contributed by atoms with Crippen molar-refractivity contribution in [2.75, 3.05) is 27.2 Å². The number of hydrogen-bond donors (Lipinski definition) is 1. The molecule has 1 atom stereocenters. The van der Waals surface area contributed by atoms with E-state index in [0.717, 1.165) is 37.9 Å². The summed E-state index contributed by atoms with van der Waals surface area (Å²) in [5.41, 5.74) is 1.77. The van der Waals surface area contributed by atoms with Gasteiger partial charge in [0.1, 0.15) is 5.75 Å². The van der Waals surface area contributed by atoms with Gasteiger partial charge in [0.05, 0.1) is 23.9 Å². The molecule has 1 aromatic heterocycles. The smallest absolute Gasteiger partial charge is 0.255 e. The van der Waals surface area contributed by atoms with E-state index in [9.17, 15) is 4.79 Å². The number of amides is 1. The summed E-state index contributed by atoms with van der Waals surface area (Å²) in [7, 11) is 4.28. The first-order chi connectivity index (χ1) is 14.1. The zero-order valence-electron chi connectivity index (χ0n) is 17.8. The Kier molecular flexibility index (Phi) is 7.64. The van der Waals surface area contributed by atoms with Crippen LogP contribution in [0.5, 0.6) is 5.75 Å². The normalized spacial score (nSPS) is 20.3. The van der Waals surface area contributed by atoms with E-state index in [1.165, 1.54) is 0 Å². The average molecular weight is 396 g/mol. The lowest BCUT2D eigenvalue weighted by atomic mass is 9.77. The van der Waals surface area contributed by atoms with Gasteiger partial charge in [0, 0.05) is 12.7 Å². The van der Waals surface area contributed by atoms with Gasteiger partial charge in [0.25, 0.3) is 5.91 Å². The highest BCUT2D eigenvalue weighted by molar-refractivity contribution is 5.96. The largest absolute Gasteiger partial charge is 0.493 e. The first-order valence-electron chi connectivity index (χ1n) is 10.7. The number of aromatic nitrogens is 1. The molecular weight excluding hydrogens is 362 g/mol. The van der Waals surface area contributed by atoms with Crippen LogP contribution in [0.2, 0.25) is 0 Å². The van der Waals surface area contributed by atoms with Crippen LogP contribution in [0.15, 0.2) is 48.7 Å². The maximum Gasteiger partial charge on any atom is 0.255 e. The molecule has 1 aromatic carbocycles. The summed E-state index contributed by atoms with van der Waals surface area (Å²) in [6.45, 7) is 3.21. The second-order valence-electron chi connectivity index (χ2n) is 8.08. The van der Waals surface area contributed by atoms with Crippen LogP contribution in [0.1, 0.15) is 54.7 Å². The highest BCUT2D eigenvalue weighted by Gasteiger charge is 2.30. The summed E-state index contributed by atoms with van der Waals surface area (Å²) in [6.07, 6.45) is 6.47. The molecule has 0 spiro atoms.